The first kappa shape index (κ1) is 16.9. The highest BCUT2D eigenvalue weighted by Crippen LogP contribution is 2.30. The summed E-state index contributed by atoms with van der Waals surface area (Å²) < 4.78 is 23.4. The summed E-state index contributed by atoms with van der Waals surface area (Å²) in [7, 11) is 1.41. The number of aryl methyl sites for hydroxylation is 1. The fourth-order valence-electron chi connectivity index (χ4n) is 1.47. The van der Waals surface area contributed by atoms with Crippen molar-refractivity contribution < 1.29 is 13.2 Å². The molecule has 0 unspecified atom stereocenters. The third-order valence-electron chi connectivity index (χ3n) is 2.38. The zero-order valence-electron chi connectivity index (χ0n) is 10.4. The quantitative estimate of drug-likeness (QED) is 0.538. The Kier molecular flexibility index (Phi) is 5.14. The average Bonchev–Trinajstić information content (AvgIpc) is 2.73. The van der Waals surface area contributed by atoms with Crippen LogP contribution in [0.3, 0.4) is 0 Å². The molecule has 2 aromatic rings. The standard InChI is InChI=1S/C11H7Cl2IN2O3S2/c1-5-10(21(13,18)19)20-11(15-5)16-9(17)6-2-3-8(14)7(12)4-6/h2-4H,1H3,(H,15,16,17). The number of halogens is 3. The summed E-state index contributed by atoms with van der Waals surface area (Å²) in [6.45, 7) is 1.50. The van der Waals surface area contributed by atoms with E-state index in [1.54, 1.807) is 12.1 Å². The summed E-state index contributed by atoms with van der Waals surface area (Å²) in [4.78, 5) is 16.0. The van der Waals surface area contributed by atoms with Gasteiger partial charge in [-0.15, -0.1) is 0 Å². The molecule has 5 nitrogen and oxygen atoms in total. The van der Waals surface area contributed by atoms with E-state index in [2.05, 4.69) is 10.3 Å². The second kappa shape index (κ2) is 6.37. The number of carbonyl (C=O) groups is 1. The molecule has 0 fully saturated rings. The first-order chi connectivity index (χ1) is 9.68. The maximum atomic E-state index is 12.1. The molecule has 21 heavy (non-hydrogen) atoms. The smallest absolute Gasteiger partial charge is 0.272 e. The Morgan fingerprint density at radius 1 is 1.43 bits per heavy atom. The molecule has 0 bridgehead atoms. The van der Waals surface area contributed by atoms with E-state index in [9.17, 15) is 13.2 Å². The minimum atomic E-state index is -3.87. The van der Waals surface area contributed by atoms with Crippen molar-refractivity contribution in [1.29, 1.82) is 0 Å². The summed E-state index contributed by atoms with van der Waals surface area (Å²) >= 11 is 8.80. The van der Waals surface area contributed by atoms with Gasteiger partial charge >= 0.3 is 0 Å². The highest BCUT2D eigenvalue weighted by molar-refractivity contribution is 14.1. The first-order valence-electron chi connectivity index (χ1n) is 5.37. The van der Waals surface area contributed by atoms with E-state index in [0.29, 0.717) is 10.6 Å². The molecule has 0 atom stereocenters. The van der Waals surface area contributed by atoms with Crippen LogP contribution in [-0.4, -0.2) is 19.3 Å². The average molecular weight is 477 g/mol. The van der Waals surface area contributed by atoms with E-state index >= 15 is 0 Å². The molecular weight excluding hydrogens is 470 g/mol. The molecule has 112 valence electrons. The van der Waals surface area contributed by atoms with Crippen LogP contribution in [0.4, 0.5) is 5.13 Å². The normalized spacial score (nSPS) is 11.4. The zero-order chi connectivity index (χ0) is 15.8. The number of carbonyl (C=O) groups excluding carboxylic acids is 1. The molecule has 0 radical (unpaired) electrons. The van der Waals surface area contributed by atoms with Crippen molar-refractivity contribution in [3.8, 4) is 0 Å². The fraction of sp³-hybridized carbons (Fsp3) is 0.0909. The number of nitrogens with one attached hydrogen (secondary N) is 1. The van der Waals surface area contributed by atoms with Gasteiger partial charge in [-0.05, 0) is 47.7 Å². The highest BCUT2D eigenvalue weighted by Gasteiger charge is 2.20. The maximum absolute atomic E-state index is 12.1. The number of rotatable bonds is 3. The SMILES string of the molecule is Cc1nc(NC(=O)c2ccc(I)c(Cl)c2)sc1S(=O)(=O)Cl. The Labute approximate surface area is 148 Å². The van der Waals surface area contributed by atoms with Crippen molar-refractivity contribution in [3.63, 3.8) is 0 Å². The summed E-state index contributed by atoms with van der Waals surface area (Å²) in [5.41, 5.74) is 0.592. The molecular formula is C11H7Cl2IN2O3S2. The highest BCUT2D eigenvalue weighted by atomic mass is 127. The van der Waals surface area contributed by atoms with Gasteiger partial charge in [0.2, 0.25) is 0 Å². The Morgan fingerprint density at radius 3 is 2.62 bits per heavy atom. The van der Waals surface area contributed by atoms with Crippen LogP contribution >= 0.6 is 56.2 Å². The number of hydrogen-bond acceptors (Lipinski definition) is 5. The van der Waals surface area contributed by atoms with Crippen molar-refractivity contribution >= 4 is 76.3 Å². The Balaban J connectivity index is 2.26. The van der Waals surface area contributed by atoms with Crippen LogP contribution in [0.2, 0.25) is 5.02 Å². The van der Waals surface area contributed by atoms with Gasteiger partial charge in [0.15, 0.2) is 9.34 Å². The Bertz CT molecular complexity index is 821. The van der Waals surface area contributed by atoms with Gasteiger partial charge in [0.25, 0.3) is 15.0 Å². The van der Waals surface area contributed by atoms with Crippen LogP contribution in [0.25, 0.3) is 0 Å². The molecule has 0 aliphatic heterocycles. The lowest BCUT2D eigenvalue weighted by molar-refractivity contribution is 0.102. The van der Waals surface area contributed by atoms with E-state index in [-0.39, 0.29) is 15.0 Å². The molecule has 0 saturated carbocycles. The predicted octanol–water partition coefficient (Wildman–Crippen LogP) is 3.89. The summed E-state index contributed by atoms with van der Waals surface area (Å²) in [5.74, 6) is -0.430. The van der Waals surface area contributed by atoms with Gasteiger partial charge in [-0.3, -0.25) is 10.1 Å². The second-order valence-electron chi connectivity index (χ2n) is 3.91. The van der Waals surface area contributed by atoms with Crippen LogP contribution in [0.5, 0.6) is 0 Å². The van der Waals surface area contributed by atoms with E-state index in [1.165, 1.54) is 13.0 Å². The zero-order valence-corrected chi connectivity index (χ0v) is 15.7. The fourth-order valence-corrected chi connectivity index (χ4v) is 4.33. The number of aromatic nitrogens is 1. The number of nitrogens with zero attached hydrogens (tertiary/aromatic N) is 1. The van der Waals surface area contributed by atoms with E-state index in [0.717, 1.165) is 14.9 Å². The molecule has 0 saturated heterocycles. The van der Waals surface area contributed by atoms with Crippen molar-refractivity contribution in [3.05, 3.63) is 38.0 Å². The van der Waals surface area contributed by atoms with Gasteiger partial charge in [-0.25, -0.2) is 13.4 Å². The molecule has 0 spiro atoms. The predicted molar refractivity (Wildman–Crippen MR) is 92.0 cm³/mol. The molecule has 10 heteroatoms. The van der Waals surface area contributed by atoms with Crippen LogP contribution in [0.15, 0.2) is 22.4 Å². The molecule has 1 N–H and O–H groups in total. The molecule has 1 aromatic carbocycles. The lowest BCUT2D eigenvalue weighted by Crippen LogP contribution is -2.11. The Morgan fingerprint density at radius 2 is 2.10 bits per heavy atom. The van der Waals surface area contributed by atoms with Crippen molar-refractivity contribution in [2.45, 2.75) is 11.1 Å². The number of thiazole rings is 1. The molecule has 1 amide bonds. The maximum Gasteiger partial charge on any atom is 0.272 e. The minimum Gasteiger partial charge on any atom is -0.298 e. The van der Waals surface area contributed by atoms with Crippen LogP contribution < -0.4 is 5.32 Å². The number of benzene rings is 1. The third-order valence-corrected chi connectivity index (χ3v) is 7.20. The number of anilines is 1. The van der Waals surface area contributed by atoms with Gasteiger partial charge in [0.05, 0.1) is 10.7 Å². The van der Waals surface area contributed by atoms with E-state index < -0.39 is 15.0 Å². The van der Waals surface area contributed by atoms with Crippen molar-refractivity contribution in [2.75, 3.05) is 5.32 Å². The Hall–Kier alpha value is -0.420. The summed E-state index contributed by atoms with van der Waals surface area (Å²) in [5, 5.41) is 3.14. The van der Waals surface area contributed by atoms with Crippen LogP contribution in [0, 0.1) is 10.5 Å². The largest absolute Gasteiger partial charge is 0.298 e. The molecule has 1 aromatic heterocycles. The van der Waals surface area contributed by atoms with Gasteiger partial charge < -0.3 is 0 Å². The van der Waals surface area contributed by atoms with Crippen LogP contribution in [-0.2, 0) is 9.05 Å². The van der Waals surface area contributed by atoms with Crippen molar-refractivity contribution in [2.24, 2.45) is 0 Å². The molecule has 1 heterocycles. The van der Waals surface area contributed by atoms with Gasteiger partial charge in [-0.1, -0.05) is 22.9 Å². The van der Waals surface area contributed by atoms with E-state index in [4.69, 9.17) is 22.3 Å². The molecule has 0 aliphatic rings. The minimum absolute atomic E-state index is 0.0832. The van der Waals surface area contributed by atoms with Gasteiger partial charge in [0, 0.05) is 19.8 Å². The lowest BCUT2D eigenvalue weighted by Gasteiger charge is -2.03. The molecule has 0 aliphatic carbocycles. The third kappa shape index (κ3) is 4.07. The number of hydrogen-bond donors (Lipinski definition) is 1. The monoisotopic (exact) mass is 476 g/mol. The number of amides is 1. The van der Waals surface area contributed by atoms with E-state index in [1.807, 2.05) is 22.6 Å². The molecule has 2 rings (SSSR count). The summed E-state index contributed by atoms with van der Waals surface area (Å²) in [6.07, 6.45) is 0. The van der Waals surface area contributed by atoms with Gasteiger partial charge in [-0.2, -0.15) is 0 Å². The van der Waals surface area contributed by atoms with Crippen LogP contribution in [0.1, 0.15) is 16.1 Å². The lowest BCUT2D eigenvalue weighted by atomic mass is 10.2. The first-order valence-corrected chi connectivity index (χ1v) is 9.95. The topological polar surface area (TPSA) is 76.1 Å². The second-order valence-corrected chi connectivity index (χ2v) is 9.24. The van der Waals surface area contributed by atoms with Crippen molar-refractivity contribution in [1.82, 2.24) is 4.98 Å². The summed E-state index contributed by atoms with van der Waals surface area (Å²) in [6, 6.07) is 4.85. The van der Waals surface area contributed by atoms with Gasteiger partial charge in [0.1, 0.15) is 0 Å².